The van der Waals surface area contributed by atoms with Crippen molar-refractivity contribution in [2.45, 2.75) is 65.1 Å². The second-order valence-corrected chi connectivity index (χ2v) is 14.0. The zero-order valence-corrected chi connectivity index (χ0v) is 27.4. The van der Waals surface area contributed by atoms with Crippen LogP contribution in [0.15, 0.2) is 30.6 Å². The summed E-state index contributed by atoms with van der Waals surface area (Å²) in [6, 6.07) is 5.96. The van der Waals surface area contributed by atoms with Crippen molar-refractivity contribution in [3.05, 3.63) is 41.0 Å². The highest BCUT2D eigenvalue weighted by molar-refractivity contribution is 7.23. The van der Waals surface area contributed by atoms with Crippen LogP contribution in [0.2, 0.25) is 0 Å². The van der Waals surface area contributed by atoms with Crippen LogP contribution in [0.3, 0.4) is 0 Å². The molecular formula is C31H40N6O4S2. The molecule has 3 aromatic heterocycles. The Kier molecular flexibility index (Phi) is 9.21. The van der Waals surface area contributed by atoms with Crippen molar-refractivity contribution in [2.75, 3.05) is 32.1 Å². The van der Waals surface area contributed by atoms with Crippen molar-refractivity contribution in [3.63, 3.8) is 0 Å². The molecule has 43 heavy (non-hydrogen) atoms. The molecule has 2 unspecified atom stereocenters. The Bertz CT molecular complexity index is 1620. The van der Waals surface area contributed by atoms with Crippen molar-refractivity contribution in [2.24, 2.45) is 7.05 Å². The van der Waals surface area contributed by atoms with E-state index < -0.39 is 5.60 Å². The van der Waals surface area contributed by atoms with E-state index in [0.717, 1.165) is 47.4 Å². The molecular weight excluding hydrogens is 585 g/mol. The number of carbonyl (C=O) groups excluding carboxylic acids is 2. The lowest BCUT2D eigenvalue weighted by Gasteiger charge is -2.39. The fraction of sp³-hybridized carbons (Fsp3) is 0.484. The average Bonchev–Trinajstić information content (AvgIpc) is 3.63. The summed E-state index contributed by atoms with van der Waals surface area (Å²) in [5.41, 5.74) is 4.47. The highest BCUT2D eigenvalue weighted by Gasteiger charge is 2.39. The van der Waals surface area contributed by atoms with Gasteiger partial charge in [0.25, 0.3) is 0 Å². The minimum Gasteiger partial charge on any atom is -0.444 e. The predicted octanol–water partition coefficient (Wildman–Crippen LogP) is 6.23. The molecule has 2 amide bonds. The van der Waals surface area contributed by atoms with E-state index in [-0.39, 0.29) is 24.1 Å². The zero-order chi connectivity index (χ0) is 30.9. The maximum atomic E-state index is 13.3. The number of thiazole rings is 1. The first kappa shape index (κ1) is 31.1. The topological polar surface area (TPSA) is 111 Å². The van der Waals surface area contributed by atoms with Gasteiger partial charge in [0.1, 0.15) is 15.6 Å². The Hall–Kier alpha value is -3.32. The number of aryl methyl sites for hydroxylation is 1. The van der Waals surface area contributed by atoms with Gasteiger partial charge in [0.2, 0.25) is 5.91 Å². The molecule has 2 atom stereocenters. The molecule has 0 saturated carbocycles. The van der Waals surface area contributed by atoms with Crippen LogP contribution in [0.5, 0.6) is 0 Å². The number of carbonyl (C=O) groups is 2. The van der Waals surface area contributed by atoms with Crippen molar-refractivity contribution in [1.29, 1.82) is 0 Å². The summed E-state index contributed by atoms with van der Waals surface area (Å²) in [7, 11) is 3.56. The van der Waals surface area contributed by atoms with Gasteiger partial charge < -0.3 is 20.1 Å². The molecule has 5 rings (SSSR count). The van der Waals surface area contributed by atoms with E-state index in [1.165, 1.54) is 11.3 Å². The smallest absolute Gasteiger partial charge is 0.411 e. The number of hydrogen-bond acceptors (Lipinski definition) is 9. The largest absolute Gasteiger partial charge is 0.444 e. The van der Waals surface area contributed by atoms with Crippen LogP contribution in [-0.2, 0) is 27.7 Å². The summed E-state index contributed by atoms with van der Waals surface area (Å²) < 4.78 is 13.7. The Morgan fingerprint density at radius 2 is 1.93 bits per heavy atom. The van der Waals surface area contributed by atoms with Gasteiger partial charge in [0.05, 0.1) is 29.1 Å². The highest BCUT2D eigenvalue weighted by Crippen LogP contribution is 2.50. The number of hydrogen-bond donors (Lipinski definition) is 2. The first-order chi connectivity index (χ1) is 20.4. The summed E-state index contributed by atoms with van der Waals surface area (Å²) in [6.45, 7) is 11.5. The predicted molar refractivity (Wildman–Crippen MR) is 173 cm³/mol. The van der Waals surface area contributed by atoms with E-state index in [0.29, 0.717) is 32.5 Å². The van der Waals surface area contributed by atoms with Crippen LogP contribution in [0.4, 0.5) is 9.80 Å². The monoisotopic (exact) mass is 624 g/mol. The van der Waals surface area contributed by atoms with Crippen LogP contribution >= 0.6 is 22.7 Å². The number of thiophene rings is 1. The van der Waals surface area contributed by atoms with Gasteiger partial charge in [-0.2, -0.15) is 5.10 Å². The molecule has 4 heterocycles. The number of nitrogens with zero attached hydrogens (tertiary/aromatic N) is 4. The van der Waals surface area contributed by atoms with Crippen molar-refractivity contribution >= 4 is 49.9 Å². The molecule has 12 heteroatoms. The molecule has 0 saturated heterocycles. The number of amides is 2. The lowest BCUT2D eigenvalue weighted by atomic mass is 9.93. The van der Waals surface area contributed by atoms with Crippen LogP contribution in [-0.4, -0.2) is 70.1 Å². The zero-order valence-electron chi connectivity index (χ0n) is 25.8. The maximum Gasteiger partial charge on any atom is 0.411 e. The SMILES string of the molecule is COCCNCCC(=O)Nc1sc2c(c1-c1nc3cc(-c4cnn(C)c4)ccc3s1)CC(C)N(C(=O)OC(C)(C)C)C2C. The fourth-order valence-electron chi connectivity index (χ4n) is 5.37. The number of aromatic nitrogens is 3. The number of rotatable bonds is 9. The van der Waals surface area contributed by atoms with Crippen molar-refractivity contribution in [3.8, 4) is 21.7 Å². The molecule has 230 valence electrons. The molecule has 1 aliphatic heterocycles. The van der Waals surface area contributed by atoms with Gasteiger partial charge >= 0.3 is 6.09 Å². The van der Waals surface area contributed by atoms with Gasteiger partial charge in [0.15, 0.2) is 0 Å². The van der Waals surface area contributed by atoms with Crippen LogP contribution in [0, 0.1) is 0 Å². The number of methoxy groups -OCH3 is 1. The van der Waals surface area contributed by atoms with Gasteiger partial charge in [-0.3, -0.25) is 14.4 Å². The summed E-state index contributed by atoms with van der Waals surface area (Å²) in [5.74, 6) is -0.0746. The summed E-state index contributed by atoms with van der Waals surface area (Å²) in [4.78, 5) is 34.3. The van der Waals surface area contributed by atoms with Crippen LogP contribution < -0.4 is 10.6 Å². The molecule has 1 aliphatic rings. The minimum absolute atomic E-state index is 0.0746. The van der Waals surface area contributed by atoms with E-state index in [2.05, 4.69) is 33.9 Å². The Labute approximate surface area is 260 Å². The Morgan fingerprint density at radius 3 is 2.63 bits per heavy atom. The molecule has 0 spiro atoms. The standard InChI is InChI=1S/C31H40N6O4S2/c1-18-14-22-26(28-34-23-15-20(8-9-24(23)42-28)21-16-33-36(6)17-21)29(35-25(38)10-11-32-12-13-40-7)43-27(22)19(2)37(18)30(39)41-31(3,4)5/h8-9,15-19,32H,10-14H2,1-7H3,(H,35,38). The molecule has 0 aliphatic carbocycles. The minimum atomic E-state index is -0.594. The third-order valence-electron chi connectivity index (χ3n) is 7.32. The fourth-order valence-corrected chi connectivity index (χ4v) is 7.75. The molecule has 4 aromatic rings. The molecule has 0 radical (unpaired) electrons. The average molecular weight is 625 g/mol. The number of nitrogens with one attached hydrogen (secondary N) is 2. The Balaban J connectivity index is 1.51. The highest BCUT2D eigenvalue weighted by atomic mass is 32.1. The van der Waals surface area contributed by atoms with Gasteiger partial charge in [-0.1, -0.05) is 6.07 Å². The van der Waals surface area contributed by atoms with Gasteiger partial charge in [-0.25, -0.2) is 9.78 Å². The van der Waals surface area contributed by atoms with Crippen molar-refractivity contribution in [1.82, 2.24) is 25.0 Å². The quantitative estimate of drug-likeness (QED) is 0.212. The number of benzene rings is 1. The normalized spacial score (nSPS) is 16.9. The summed E-state index contributed by atoms with van der Waals surface area (Å²) >= 11 is 3.14. The van der Waals surface area contributed by atoms with Gasteiger partial charge in [-0.15, -0.1) is 22.7 Å². The summed E-state index contributed by atoms with van der Waals surface area (Å²) in [6.07, 6.45) is 4.47. The van der Waals surface area contributed by atoms with E-state index in [4.69, 9.17) is 14.5 Å². The first-order valence-electron chi connectivity index (χ1n) is 14.5. The third-order valence-corrected chi connectivity index (χ3v) is 9.69. The van der Waals surface area contributed by atoms with E-state index in [1.54, 1.807) is 23.1 Å². The van der Waals surface area contributed by atoms with E-state index >= 15 is 0 Å². The van der Waals surface area contributed by atoms with E-state index in [9.17, 15) is 9.59 Å². The second-order valence-electron chi connectivity index (χ2n) is 11.9. The third kappa shape index (κ3) is 6.93. The first-order valence-corrected chi connectivity index (χ1v) is 16.1. The molecule has 10 nitrogen and oxygen atoms in total. The number of anilines is 1. The molecule has 0 fully saturated rings. The Morgan fingerprint density at radius 1 is 1.14 bits per heavy atom. The maximum absolute atomic E-state index is 13.3. The van der Waals surface area contributed by atoms with Gasteiger partial charge in [-0.05, 0) is 64.3 Å². The molecule has 0 bridgehead atoms. The van der Waals surface area contributed by atoms with Crippen LogP contribution in [0.1, 0.15) is 57.5 Å². The summed E-state index contributed by atoms with van der Waals surface area (Å²) in [5, 5.41) is 12.3. The molecule has 2 N–H and O–H groups in total. The van der Waals surface area contributed by atoms with Crippen molar-refractivity contribution < 1.29 is 19.1 Å². The lowest BCUT2D eigenvalue weighted by Crippen LogP contribution is -2.46. The number of fused-ring (bicyclic) bond motifs is 2. The number of ether oxygens (including phenoxy) is 2. The second kappa shape index (κ2) is 12.7. The van der Waals surface area contributed by atoms with E-state index in [1.807, 2.05) is 59.0 Å². The molecule has 1 aromatic carbocycles. The lowest BCUT2D eigenvalue weighted by molar-refractivity contribution is -0.116. The van der Waals surface area contributed by atoms with Gasteiger partial charge in [0, 0.05) is 61.9 Å². The van der Waals surface area contributed by atoms with Crippen LogP contribution in [0.25, 0.3) is 31.9 Å².